The van der Waals surface area contributed by atoms with Crippen LogP contribution >= 0.6 is 11.3 Å². The molecular formula is C25H21NO2S. The Morgan fingerprint density at radius 3 is 2.45 bits per heavy atom. The van der Waals surface area contributed by atoms with Crippen molar-refractivity contribution in [2.24, 2.45) is 5.41 Å². The van der Waals surface area contributed by atoms with Crippen LogP contribution < -0.4 is 0 Å². The quantitative estimate of drug-likeness (QED) is 0.377. The molecule has 0 bridgehead atoms. The van der Waals surface area contributed by atoms with Crippen LogP contribution in [0.3, 0.4) is 0 Å². The van der Waals surface area contributed by atoms with Gasteiger partial charge in [0.05, 0.1) is 24.2 Å². The molecule has 0 saturated carbocycles. The Labute approximate surface area is 174 Å². The van der Waals surface area contributed by atoms with E-state index in [2.05, 4.69) is 36.4 Å². The van der Waals surface area contributed by atoms with Crippen LogP contribution in [0, 0.1) is 16.7 Å². The lowest BCUT2D eigenvalue weighted by Gasteiger charge is -2.20. The van der Waals surface area contributed by atoms with Crippen molar-refractivity contribution in [1.82, 2.24) is 0 Å². The summed E-state index contributed by atoms with van der Waals surface area (Å²) in [6.45, 7) is 3.83. The second kappa shape index (κ2) is 7.35. The van der Waals surface area contributed by atoms with Crippen LogP contribution in [0.4, 0.5) is 0 Å². The van der Waals surface area contributed by atoms with Gasteiger partial charge in [-0.15, -0.1) is 11.3 Å². The number of esters is 1. The van der Waals surface area contributed by atoms with Crippen molar-refractivity contribution in [3.8, 4) is 17.2 Å². The van der Waals surface area contributed by atoms with Crippen LogP contribution in [-0.4, -0.2) is 13.1 Å². The van der Waals surface area contributed by atoms with Crippen LogP contribution in [0.15, 0.2) is 60.7 Å². The van der Waals surface area contributed by atoms with Crippen LogP contribution in [0.2, 0.25) is 0 Å². The first kappa shape index (κ1) is 19.2. The third kappa shape index (κ3) is 3.39. The average Bonchev–Trinajstić information content (AvgIpc) is 3.14. The Bertz CT molecular complexity index is 1280. The van der Waals surface area contributed by atoms with Crippen molar-refractivity contribution in [3.63, 3.8) is 0 Å². The largest absolute Gasteiger partial charge is 0.469 e. The SMILES string of the molecule is COC(=O)C(C)(C)Cc1cc2c(-c3ccc(C#N)c4ccccc34)cccc2s1. The van der Waals surface area contributed by atoms with E-state index in [1.54, 1.807) is 11.3 Å². The number of benzene rings is 3. The van der Waals surface area contributed by atoms with E-state index in [0.29, 0.717) is 12.0 Å². The van der Waals surface area contributed by atoms with Gasteiger partial charge >= 0.3 is 5.97 Å². The van der Waals surface area contributed by atoms with Crippen molar-refractivity contribution in [2.45, 2.75) is 20.3 Å². The zero-order valence-electron chi connectivity index (χ0n) is 16.7. The molecule has 0 fully saturated rings. The number of carbonyl (C=O) groups excluding carboxylic acids is 1. The molecule has 4 aromatic rings. The molecule has 0 atom stereocenters. The summed E-state index contributed by atoms with van der Waals surface area (Å²) in [7, 11) is 1.43. The first-order chi connectivity index (χ1) is 13.9. The van der Waals surface area contributed by atoms with E-state index in [1.807, 2.05) is 44.2 Å². The van der Waals surface area contributed by atoms with E-state index in [4.69, 9.17) is 4.74 Å². The first-order valence-electron chi connectivity index (χ1n) is 9.46. The molecule has 0 aliphatic carbocycles. The lowest BCUT2D eigenvalue weighted by atomic mass is 9.88. The molecule has 0 saturated heterocycles. The van der Waals surface area contributed by atoms with Crippen molar-refractivity contribution in [3.05, 3.63) is 71.1 Å². The summed E-state index contributed by atoms with van der Waals surface area (Å²) in [5, 5.41) is 12.7. The molecule has 0 amide bonds. The molecule has 1 aromatic heterocycles. The molecular weight excluding hydrogens is 378 g/mol. The Kier molecular flexibility index (Phi) is 4.86. The number of nitriles is 1. The third-order valence-corrected chi connectivity index (χ3v) is 6.40. The highest BCUT2D eigenvalue weighted by Gasteiger charge is 2.29. The Morgan fingerprint density at radius 2 is 1.72 bits per heavy atom. The number of fused-ring (bicyclic) bond motifs is 2. The van der Waals surface area contributed by atoms with E-state index in [9.17, 15) is 10.1 Å². The zero-order valence-corrected chi connectivity index (χ0v) is 17.5. The molecule has 0 radical (unpaired) electrons. The van der Waals surface area contributed by atoms with Crippen LogP contribution in [0.1, 0.15) is 24.3 Å². The molecule has 3 aromatic carbocycles. The van der Waals surface area contributed by atoms with Crippen molar-refractivity contribution in [1.29, 1.82) is 5.26 Å². The van der Waals surface area contributed by atoms with E-state index in [0.717, 1.165) is 26.8 Å². The number of nitrogens with zero attached hydrogens (tertiary/aromatic N) is 1. The Morgan fingerprint density at radius 1 is 1.00 bits per heavy atom. The standard InChI is InChI=1S/C25H21NO2S/c1-25(2,24(27)28-3)14-17-13-22-20(9-6-10-23(22)29-17)21-12-11-16(15-26)18-7-4-5-8-19(18)21/h4-13H,14H2,1-3H3. The summed E-state index contributed by atoms with van der Waals surface area (Å²) < 4.78 is 6.15. The molecule has 0 N–H and O–H groups in total. The molecule has 29 heavy (non-hydrogen) atoms. The summed E-state index contributed by atoms with van der Waals surface area (Å²) in [6, 6.07) is 22.7. The second-order valence-electron chi connectivity index (χ2n) is 7.80. The molecule has 4 heteroatoms. The number of thiophene rings is 1. The molecule has 0 unspecified atom stereocenters. The maximum atomic E-state index is 12.1. The van der Waals surface area contributed by atoms with Gasteiger partial charge < -0.3 is 4.74 Å². The monoisotopic (exact) mass is 399 g/mol. The summed E-state index contributed by atoms with van der Waals surface area (Å²) in [5.74, 6) is -0.201. The number of ether oxygens (including phenoxy) is 1. The average molecular weight is 400 g/mol. The smallest absolute Gasteiger partial charge is 0.311 e. The van der Waals surface area contributed by atoms with Crippen LogP contribution in [0.5, 0.6) is 0 Å². The van der Waals surface area contributed by atoms with Crippen LogP contribution in [-0.2, 0) is 16.0 Å². The molecule has 0 spiro atoms. The Hall–Kier alpha value is -3.16. The van der Waals surface area contributed by atoms with Gasteiger partial charge in [0.15, 0.2) is 0 Å². The number of hydrogen-bond acceptors (Lipinski definition) is 4. The van der Waals surface area contributed by atoms with Gasteiger partial charge in [-0.25, -0.2) is 0 Å². The van der Waals surface area contributed by atoms with Crippen LogP contribution in [0.25, 0.3) is 32.0 Å². The van der Waals surface area contributed by atoms with E-state index >= 15 is 0 Å². The lowest BCUT2D eigenvalue weighted by molar-refractivity contribution is -0.150. The maximum Gasteiger partial charge on any atom is 0.311 e. The molecule has 4 rings (SSSR count). The molecule has 1 heterocycles. The first-order valence-corrected chi connectivity index (χ1v) is 10.3. The summed E-state index contributed by atoms with van der Waals surface area (Å²) in [6.07, 6.45) is 0.632. The molecule has 3 nitrogen and oxygen atoms in total. The van der Waals surface area contributed by atoms with E-state index < -0.39 is 5.41 Å². The maximum absolute atomic E-state index is 12.1. The second-order valence-corrected chi connectivity index (χ2v) is 8.97. The van der Waals surface area contributed by atoms with Crippen molar-refractivity contribution < 1.29 is 9.53 Å². The number of rotatable bonds is 4. The summed E-state index contributed by atoms with van der Waals surface area (Å²) >= 11 is 1.71. The Balaban J connectivity index is 1.87. The molecule has 0 aliphatic heterocycles. The predicted molar refractivity (Wildman–Crippen MR) is 119 cm³/mol. The van der Waals surface area contributed by atoms with Gasteiger partial charge in [-0.1, -0.05) is 42.5 Å². The number of hydrogen-bond donors (Lipinski definition) is 0. The summed E-state index contributed by atoms with van der Waals surface area (Å²) in [5.41, 5.74) is 2.36. The fourth-order valence-corrected chi connectivity index (χ4v) is 5.17. The molecule has 0 aliphatic rings. The highest BCUT2D eigenvalue weighted by molar-refractivity contribution is 7.19. The number of carbonyl (C=O) groups is 1. The van der Waals surface area contributed by atoms with Gasteiger partial charge in [-0.2, -0.15) is 5.26 Å². The van der Waals surface area contributed by atoms with Gasteiger partial charge in [0.25, 0.3) is 0 Å². The minimum atomic E-state index is -0.572. The number of methoxy groups -OCH3 is 1. The zero-order chi connectivity index (χ0) is 20.6. The van der Waals surface area contributed by atoms with Gasteiger partial charge in [0.1, 0.15) is 0 Å². The highest BCUT2D eigenvalue weighted by Crippen LogP contribution is 2.39. The predicted octanol–water partition coefficient (Wildman–Crippen LogP) is 6.33. The fraction of sp³-hybridized carbons (Fsp3) is 0.200. The van der Waals surface area contributed by atoms with Gasteiger partial charge in [-0.3, -0.25) is 4.79 Å². The third-order valence-electron chi connectivity index (χ3n) is 5.30. The normalized spacial score (nSPS) is 11.5. The van der Waals surface area contributed by atoms with Gasteiger partial charge in [-0.05, 0) is 55.0 Å². The lowest BCUT2D eigenvalue weighted by Crippen LogP contribution is -2.27. The van der Waals surface area contributed by atoms with E-state index in [-0.39, 0.29) is 5.97 Å². The minimum Gasteiger partial charge on any atom is -0.469 e. The van der Waals surface area contributed by atoms with E-state index in [1.165, 1.54) is 17.2 Å². The van der Waals surface area contributed by atoms with Crippen molar-refractivity contribution >= 4 is 38.2 Å². The highest BCUT2D eigenvalue weighted by atomic mass is 32.1. The van der Waals surface area contributed by atoms with Gasteiger partial charge in [0, 0.05) is 20.3 Å². The minimum absolute atomic E-state index is 0.201. The molecule has 144 valence electrons. The summed E-state index contributed by atoms with van der Waals surface area (Å²) in [4.78, 5) is 13.3. The topological polar surface area (TPSA) is 50.1 Å². The van der Waals surface area contributed by atoms with Gasteiger partial charge in [0.2, 0.25) is 0 Å². The fourth-order valence-electron chi connectivity index (χ4n) is 3.85. The van der Waals surface area contributed by atoms with Crippen molar-refractivity contribution in [2.75, 3.05) is 7.11 Å².